The van der Waals surface area contributed by atoms with Crippen molar-refractivity contribution < 1.29 is 10.2 Å². The first kappa shape index (κ1) is 14.3. The van der Waals surface area contributed by atoms with Gasteiger partial charge in [0.05, 0.1) is 17.9 Å². The summed E-state index contributed by atoms with van der Waals surface area (Å²) in [4.78, 5) is 2.01. The minimum atomic E-state index is -0.680. The molecular weight excluding hydrogens is 244 g/mol. The summed E-state index contributed by atoms with van der Waals surface area (Å²) in [6.45, 7) is 7.85. The van der Waals surface area contributed by atoms with Gasteiger partial charge in [0, 0.05) is 38.3 Å². The fraction of sp³-hybridized carbons (Fsp3) is 0.769. The van der Waals surface area contributed by atoms with Crippen molar-refractivity contribution in [2.75, 3.05) is 18.0 Å². The van der Waals surface area contributed by atoms with Crippen LogP contribution >= 0.6 is 0 Å². The van der Waals surface area contributed by atoms with E-state index in [1.165, 1.54) is 0 Å². The maximum Gasteiger partial charge on any atom is 0.131 e. The first-order chi connectivity index (χ1) is 8.90. The maximum absolute atomic E-state index is 9.70. The Kier molecular flexibility index (Phi) is 4.13. The Hall–Kier alpha value is -1.11. The molecule has 1 aromatic heterocycles. The summed E-state index contributed by atoms with van der Waals surface area (Å²) >= 11 is 0. The van der Waals surface area contributed by atoms with Gasteiger partial charge in [-0.25, -0.2) is 0 Å². The van der Waals surface area contributed by atoms with E-state index in [4.69, 9.17) is 0 Å². The van der Waals surface area contributed by atoms with Crippen LogP contribution in [-0.4, -0.2) is 51.3 Å². The molecule has 19 heavy (non-hydrogen) atoms. The molecule has 0 saturated carbocycles. The summed E-state index contributed by atoms with van der Waals surface area (Å²) < 4.78 is 1.83. The van der Waals surface area contributed by atoms with E-state index in [0.29, 0.717) is 19.1 Å². The van der Waals surface area contributed by atoms with Crippen LogP contribution in [0.3, 0.4) is 0 Å². The van der Waals surface area contributed by atoms with E-state index in [1.807, 2.05) is 23.6 Å². The number of nitrogens with one attached hydrogen (secondary N) is 1. The monoisotopic (exact) mass is 268 g/mol. The highest BCUT2D eigenvalue weighted by Gasteiger charge is 2.32. The smallest absolute Gasteiger partial charge is 0.131 e. The normalized spacial score (nSPS) is 23.6. The molecule has 6 heteroatoms. The Balaban J connectivity index is 2.24. The molecular formula is C13H24N4O2. The quantitative estimate of drug-likeness (QED) is 0.703. The summed E-state index contributed by atoms with van der Waals surface area (Å²) in [5.41, 5.74) is 2.12. The van der Waals surface area contributed by atoms with Crippen molar-refractivity contribution in [1.82, 2.24) is 15.1 Å². The van der Waals surface area contributed by atoms with E-state index in [2.05, 4.69) is 24.3 Å². The van der Waals surface area contributed by atoms with E-state index in [9.17, 15) is 10.2 Å². The lowest BCUT2D eigenvalue weighted by Crippen LogP contribution is -2.27. The van der Waals surface area contributed by atoms with Crippen LogP contribution in [0.4, 0.5) is 5.82 Å². The van der Waals surface area contributed by atoms with Gasteiger partial charge in [0.1, 0.15) is 5.82 Å². The Morgan fingerprint density at radius 3 is 2.42 bits per heavy atom. The first-order valence-corrected chi connectivity index (χ1v) is 6.77. The fourth-order valence-corrected chi connectivity index (χ4v) is 2.54. The van der Waals surface area contributed by atoms with E-state index >= 15 is 0 Å². The molecule has 1 saturated heterocycles. The Morgan fingerprint density at radius 2 is 1.89 bits per heavy atom. The maximum atomic E-state index is 9.70. The predicted octanol–water partition coefficient (Wildman–Crippen LogP) is -0.232. The van der Waals surface area contributed by atoms with Gasteiger partial charge in [-0.15, -0.1) is 0 Å². The van der Waals surface area contributed by atoms with Crippen molar-refractivity contribution in [2.45, 2.75) is 45.6 Å². The molecule has 0 aliphatic carbocycles. The molecule has 108 valence electrons. The number of hydrogen-bond donors (Lipinski definition) is 3. The van der Waals surface area contributed by atoms with Crippen molar-refractivity contribution in [3.8, 4) is 0 Å². The second kappa shape index (κ2) is 5.48. The number of rotatable bonds is 4. The topological polar surface area (TPSA) is 73.6 Å². The van der Waals surface area contributed by atoms with Crippen LogP contribution in [0.1, 0.15) is 25.1 Å². The molecule has 0 radical (unpaired) electrons. The summed E-state index contributed by atoms with van der Waals surface area (Å²) in [5.74, 6) is 0.987. The lowest BCUT2D eigenvalue weighted by Gasteiger charge is -2.20. The van der Waals surface area contributed by atoms with Gasteiger partial charge in [-0.2, -0.15) is 5.10 Å². The number of hydrogen-bond acceptors (Lipinski definition) is 5. The van der Waals surface area contributed by atoms with Gasteiger partial charge in [-0.3, -0.25) is 4.68 Å². The number of aryl methyl sites for hydroxylation is 2. The van der Waals surface area contributed by atoms with Gasteiger partial charge in [-0.1, -0.05) is 13.8 Å². The molecule has 2 atom stereocenters. The van der Waals surface area contributed by atoms with Gasteiger partial charge in [-0.05, 0) is 6.92 Å². The Morgan fingerprint density at radius 1 is 1.32 bits per heavy atom. The van der Waals surface area contributed by atoms with Crippen LogP contribution in [0.15, 0.2) is 0 Å². The minimum absolute atomic E-state index is 0.405. The van der Waals surface area contributed by atoms with Crippen LogP contribution in [-0.2, 0) is 13.6 Å². The minimum Gasteiger partial charge on any atom is -0.389 e. The zero-order valence-electron chi connectivity index (χ0n) is 12.1. The molecule has 1 aliphatic heterocycles. The molecule has 2 rings (SSSR count). The summed E-state index contributed by atoms with van der Waals surface area (Å²) in [7, 11) is 1.90. The molecule has 2 unspecified atom stereocenters. The van der Waals surface area contributed by atoms with E-state index in [1.54, 1.807) is 0 Å². The average molecular weight is 268 g/mol. The molecule has 0 amide bonds. The molecule has 0 aromatic carbocycles. The molecule has 3 N–H and O–H groups in total. The lowest BCUT2D eigenvalue weighted by atomic mass is 10.2. The molecule has 6 nitrogen and oxygen atoms in total. The molecule has 1 aliphatic rings. The van der Waals surface area contributed by atoms with Gasteiger partial charge in [0.2, 0.25) is 0 Å². The average Bonchev–Trinajstić information content (AvgIpc) is 2.77. The van der Waals surface area contributed by atoms with Crippen molar-refractivity contribution >= 4 is 5.82 Å². The van der Waals surface area contributed by atoms with Crippen LogP contribution in [0.5, 0.6) is 0 Å². The van der Waals surface area contributed by atoms with Crippen molar-refractivity contribution in [3.05, 3.63) is 11.3 Å². The largest absolute Gasteiger partial charge is 0.389 e. The van der Waals surface area contributed by atoms with E-state index < -0.39 is 12.2 Å². The molecule has 0 spiro atoms. The highest BCUT2D eigenvalue weighted by Crippen LogP contribution is 2.26. The Bertz CT molecular complexity index is 434. The van der Waals surface area contributed by atoms with Crippen molar-refractivity contribution in [3.63, 3.8) is 0 Å². The van der Waals surface area contributed by atoms with Gasteiger partial charge >= 0.3 is 0 Å². The van der Waals surface area contributed by atoms with Crippen molar-refractivity contribution in [2.24, 2.45) is 7.05 Å². The zero-order chi connectivity index (χ0) is 14.2. The number of nitrogens with zero attached hydrogens (tertiary/aromatic N) is 3. The van der Waals surface area contributed by atoms with Gasteiger partial charge < -0.3 is 20.4 Å². The fourth-order valence-electron chi connectivity index (χ4n) is 2.54. The van der Waals surface area contributed by atoms with Crippen LogP contribution in [0.25, 0.3) is 0 Å². The molecule has 0 bridgehead atoms. The third-order valence-electron chi connectivity index (χ3n) is 3.56. The number of β-amino-alcohol motifs (C(OH)–C–C–N with tert-alkyl or cyclic N) is 2. The Labute approximate surface area is 114 Å². The number of aromatic nitrogens is 2. The first-order valence-electron chi connectivity index (χ1n) is 6.77. The summed E-state index contributed by atoms with van der Waals surface area (Å²) in [6, 6.07) is 0.405. The zero-order valence-corrected chi connectivity index (χ0v) is 12.1. The number of aliphatic hydroxyl groups is 2. The highest BCUT2D eigenvalue weighted by molar-refractivity contribution is 5.51. The van der Waals surface area contributed by atoms with Crippen LogP contribution in [0.2, 0.25) is 0 Å². The number of aliphatic hydroxyl groups excluding tert-OH is 2. The predicted molar refractivity (Wildman–Crippen MR) is 74.1 cm³/mol. The van der Waals surface area contributed by atoms with Crippen LogP contribution in [0, 0.1) is 6.92 Å². The third-order valence-corrected chi connectivity index (χ3v) is 3.56. The standard InChI is InChI=1S/C13H24N4O2/c1-8(2)14-5-10-9(3)15-16(4)13(10)17-6-11(18)12(19)7-17/h8,11-12,14,18-19H,5-7H2,1-4H3. The third kappa shape index (κ3) is 2.91. The lowest BCUT2D eigenvalue weighted by molar-refractivity contribution is 0.0572. The second-order valence-corrected chi connectivity index (χ2v) is 5.59. The highest BCUT2D eigenvalue weighted by atomic mass is 16.3. The van der Waals surface area contributed by atoms with Gasteiger partial charge in [0.15, 0.2) is 0 Å². The summed E-state index contributed by atoms with van der Waals surface area (Å²) in [5, 5.41) is 27.3. The molecule has 1 fully saturated rings. The molecule has 1 aromatic rings. The summed E-state index contributed by atoms with van der Waals surface area (Å²) in [6.07, 6.45) is -1.36. The van der Waals surface area contributed by atoms with Crippen LogP contribution < -0.4 is 10.2 Å². The SMILES string of the molecule is Cc1nn(C)c(N2CC(O)C(O)C2)c1CNC(C)C. The van der Waals surface area contributed by atoms with Gasteiger partial charge in [0.25, 0.3) is 0 Å². The van der Waals surface area contributed by atoms with Crippen molar-refractivity contribution in [1.29, 1.82) is 0 Å². The van der Waals surface area contributed by atoms with E-state index in [-0.39, 0.29) is 0 Å². The second-order valence-electron chi connectivity index (χ2n) is 5.59. The number of anilines is 1. The molecule has 2 heterocycles. The van der Waals surface area contributed by atoms with E-state index in [0.717, 1.165) is 23.6 Å².